The third-order valence-electron chi connectivity index (χ3n) is 7.70. The minimum absolute atomic E-state index is 0.0573. The van der Waals surface area contributed by atoms with E-state index in [1.165, 1.54) is 22.3 Å². The predicted octanol–water partition coefficient (Wildman–Crippen LogP) is 7.58. The molecule has 0 fully saturated rings. The zero-order valence-corrected chi connectivity index (χ0v) is 17.4. The summed E-state index contributed by atoms with van der Waals surface area (Å²) in [6.45, 7) is 36.0. The Labute approximate surface area is 140 Å². The van der Waals surface area contributed by atoms with Crippen LogP contribution in [0, 0.1) is 21.7 Å². The first-order valence-corrected chi connectivity index (χ1v) is 8.46. The molecule has 0 radical (unpaired) electrons. The Morgan fingerprint density at radius 1 is 0.455 bits per heavy atom. The minimum Gasteiger partial charge on any atom is -0.0996 e. The lowest BCUT2D eigenvalue weighted by atomic mass is 9.55. The van der Waals surface area contributed by atoms with Crippen LogP contribution in [0.25, 0.3) is 0 Å². The molecule has 0 heteroatoms. The molecule has 0 aromatic rings. The van der Waals surface area contributed by atoms with Gasteiger partial charge >= 0.3 is 0 Å². The van der Waals surface area contributed by atoms with Crippen molar-refractivity contribution in [3.8, 4) is 0 Å². The molecule has 128 valence electrons. The molecule has 0 saturated heterocycles. The molecule has 0 amide bonds. The summed E-state index contributed by atoms with van der Waals surface area (Å²) in [6, 6.07) is 0. The highest BCUT2D eigenvalue weighted by Crippen LogP contribution is 2.54. The van der Waals surface area contributed by atoms with E-state index in [1.807, 2.05) is 0 Å². The molecule has 0 bridgehead atoms. The van der Waals surface area contributed by atoms with Gasteiger partial charge in [0.25, 0.3) is 0 Å². The van der Waals surface area contributed by atoms with E-state index in [0.717, 1.165) is 0 Å². The van der Waals surface area contributed by atoms with Crippen LogP contribution in [0.3, 0.4) is 0 Å². The van der Waals surface area contributed by atoms with Crippen molar-refractivity contribution in [2.24, 2.45) is 21.7 Å². The van der Waals surface area contributed by atoms with E-state index in [9.17, 15) is 0 Å². The van der Waals surface area contributed by atoms with Crippen molar-refractivity contribution < 1.29 is 0 Å². The normalized spacial score (nSPS) is 15.5. The van der Waals surface area contributed by atoms with Crippen LogP contribution in [-0.4, -0.2) is 0 Å². The molecule has 0 rings (SSSR count). The van der Waals surface area contributed by atoms with Crippen molar-refractivity contribution in [1.29, 1.82) is 0 Å². The monoisotopic (exact) mass is 304 g/mol. The molecule has 0 N–H and O–H groups in total. The SMILES string of the molecule is C=C(C)C(C)(C)C(C)(C)/C(C)=C(\C)C(C)(C)C(C)(C)C(=C)C. The van der Waals surface area contributed by atoms with E-state index in [0.29, 0.717) is 0 Å². The van der Waals surface area contributed by atoms with Gasteiger partial charge in [-0.2, -0.15) is 0 Å². The number of hydrogen-bond donors (Lipinski definition) is 0. The maximum atomic E-state index is 4.24. The van der Waals surface area contributed by atoms with Gasteiger partial charge < -0.3 is 0 Å². The lowest BCUT2D eigenvalue weighted by Crippen LogP contribution is -2.39. The van der Waals surface area contributed by atoms with Crippen molar-refractivity contribution in [3.63, 3.8) is 0 Å². The van der Waals surface area contributed by atoms with Crippen LogP contribution in [-0.2, 0) is 0 Å². The zero-order valence-electron chi connectivity index (χ0n) is 17.4. The van der Waals surface area contributed by atoms with E-state index < -0.39 is 0 Å². The fourth-order valence-corrected chi connectivity index (χ4v) is 2.94. The Hall–Kier alpha value is -0.780. The number of allylic oxidation sites excluding steroid dienone is 4. The number of hydrogen-bond acceptors (Lipinski definition) is 0. The van der Waals surface area contributed by atoms with Gasteiger partial charge in [0.2, 0.25) is 0 Å². The van der Waals surface area contributed by atoms with Crippen molar-refractivity contribution in [3.05, 3.63) is 35.5 Å². The van der Waals surface area contributed by atoms with Crippen molar-refractivity contribution in [2.45, 2.75) is 83.1 Å². The van der Waals surface area contributed by atoms with Crippen LogP contribution in [0.15, 0.2) is 35.5 Å². The van der Waals surface area contributed by atoms with Gasteiger partial charge in [0, 0.05) is 0 Å². The molecule has 0 atom stereocenters. The first kappa shape index (κ1) is 21.2. The highest BCUT2D eigenvalue weighted by Gasteiger charge is 2.44. The summed E-state index contributed by atoms with van der Waals surface area (Å²) in [6.07, 6.45) is 0. The van der Waals surface area contributed by atoms with E-state index in [4.69, 9.17) is 0 Å². The van der Waals surface area contributed by atoms with E-state index in [2.05, 4.69) is 96.2 Å². The molecule has 0 aliphatic rings. The van der Waals surface area contributed by atoms with Crippen LogP contribution < -0.4 is 0 Å². The van der Waals surface area contributed by atoms with Gasteiger partial charge in [-0.3, -0.25) is 0 Å². The molecule has 0 spiro atoms. The Balaban J connectivity index is 6.24. The molecule has 0 saturated carbocycles. The highest BCUT2D eigenvalue weighted by atomic mass is 14.5. The van der Waals surface area contributed by atoms with Gasteiger partial charge in [-0.05, 0) is 49.4 Å². The first-order valence-electron chi connectivity index (χ1n) is 8.46. The highest BCUT2D eigenvalue weighted by molar-refractivity contribution is 5.31. The number of rotatable bonds is 6. The van der Waals surface area contributed by atoms with E-state index in [-0.39, 0.29) is 21.7 Å². The second-order valence-corrected chi connectivity index (χ2v) is 9.31. The maximum Gasteiger partial charge on any atom is -0.00566 e. The molecule has 22 heavy (non-hydrogen) atoms. The molecule has 0 aromatic carbocycles. The Morgan fingerprint density at radius 3 is 0.773 bits per heavy atom. The lowest BCUT2D eigenvalue weighted by Gasteiger charge is -2.49. The van der Waals surface area contributed by atoms with Gasteiger partial charge in [-0.1, -0.05) is 90.8 Å². The van der Waals surface area contributed by atoms with E-state index in [1.54, 1.807) is 0 Å². The summed E-state index contributed by atoms with van der Waals surface area (Å²) in [5.74, 6) is 0. The standard InChI is InChI=1S/C22H40/c1-15(2)19(7,8)21(11,12)17(5)18(6)22(13,14)20(9,10)16(3)4/h1,3H2,2,4-14H3/b18-17+. The molecule has 0 aromatic heterocycles. The molecule has 0 unspecified atom stereocenters. The van der Waals surface area contributed by atoms with Gasteiger partial charge in [-0.25, -0.2) is 0 Å². The second-order valence-electron chi connectivity index (χ2n) is 9.31. The minimum atomic E-state index is 0.0573. The third kappa shape index (κ3) is 3.12. The third-order valence-corrected chi connectivity index (χ3v) is 7.70. The van der Waals surface area contributed by atoms with Crippen molar-refractivity contribution >= 4 is 0 Å². The largest absolute Gasteiger partial charge is 0.0996 e. The van der Waals surface area contributed by atoms with Crippen molar-refractivity contribution in [1.82, 2.24) is 0 Å². The average Bonchev–Trinajstić information content (AvgIpc) is 2.35. The molecule has 0 aliphatic carbocycles. The summed E-state index contributed by atoms with van der Waals surface area (Å²) in [5, 5.41) is 0. The summed E-state index contributed by atoms with van der Waals surface area (Å²) in [5.41, 5.74) is 5.66. The van der Waals surface area contributed by atoms with Crippen LogP contribution in [0.5, 0.6) is 0 Å². The van der Waals surface area contributed by atoms with Crippen LogP contribution in [0.1, 0.15) is 83.1 Å². The molecular weight excluding hydrogens is 264 g/mol. The fourth-order valence-electron chi connectivity index (χ4n) is 2.94. The van der Waals surface area contributed by atoms with Crippen molar-refractivity contribution in [2.75, 3.05) is 0 Å². The zero-order chi connectivity index (χ0) is 18.3. The molecule has 0 nitrogen and oxygen atoms in total. The van der Waals surface area contributed by atoms with Crippen LogP contribution in [0.4, 0.5) is 0 Å². The van der Waals surface area contributed by atoms with Gasteiger partial charge in [0.1, 0.15) is 0 Å². The summed E-state index contributed by atoms with van der Waals surface area (Å²) >= 11 is 0. The molecule has 0 heterocycles. The fraction of sp³-hybridized carbons (Fsp3) is 0.727. The topological polar surface area (TPSA) is 0 Å². The Bertz CT molecular complexity index is 444. The van der Waals surface area contributed by atoms with Crippen LogP contribution in [0.2, 0.25) is 0 Å². The smallest absolute Gasteiger partial charge is 0.00566 e. The molecule has 0 aliphatic heterocycles. The second kappa shape index (κ2) is 6.02. The quantitative estimate of drug-likeness (QED) is 0.444. The predicted molar refractivity (Wildman–Crippen MR) is 103 cm³/mol. The van der Waals surface area contributed by atoms with Gasteiger partial charge in [0.05, 0.1) is 0 Å². The maximum absolute atomic E-state index is 4.24. The summed E-state index contributed by atoms with van der Waals surface area (Å²) in [4.78, 5) is 0. The Morgan fingerprint density at radius 2 is 0.636 bits per heavy atom. The van der Waals surface area contributed by atoms with Crippen LogP contribution >= 0.6 is 0 Å². The Kier molecular flexibility index (Phi) is 5.81. The van der Waals surface area contributed by atoms with Gasteiger partial charge in [0.15, 0.2) is 0 Å². The lowest BCUT2D eigenvalue weighted by molar-refractivity contribution is 0.170. The molecular formula is C22H40. The summed E-state index contributed by atoms with van der Waals surface area (Å²) in [7, 11) is 0. The first-order chi connectivity index (χ1) is 9.45. The summed E-state index contributed by atoms with van der Waals surface area (Å²) < 4.78 is 0. The van der Waals surface area contributed by atoms with E-state index >= 15 is 0 Å². The average molecular weight is 305 g/mol. The van der Waals surface area contributed by atoms with Gasteiger partial charge in [-0.15, -0.1) is 0 Å².